The molecule has 1 aliphatic rings. The molecule has 0 atom stereocenters. The van der Waals surface area contributed by atoms with Gasteiger partial charge in [0.2, 0.25) is 0 Å². The Morgan fingerprint density at radius 1 is 1.33 bits per heavy atom. The lowest BCUT2D eigenvalue weighted by atomic mass is 9.77. The van der Waals surface area contributed by atoms with Gasteiger partial charge in [0.25, 0.3) is 0 Å². The molecule has 1 fully saturated rings. The molecule has 1 aromatic carbocycles. The number of rotatable bonds is 2. The summed E-state index contributed by atoms with van der Waals surface area (Å²) in [6.45, 7) is 0. The average Bonchev–Trinajstić information content (AvgIpc) is 2.39. The number of hydrogen-bond donors (Lipinski definition) is 2. The van der Waals surface area contributed by atoms with E-state index in [0.29, 0.717) is 5.75 Å². The van der Waals surface area contributed by atoms with E-state index in [1.807, 2.05) is 6.07 Å². The molecule has 0 saturated heterocycles. The third-order valence-corrected chi connectivity index (χ3v) is 3.74. The minimum absolute atomic E-state index is 0.108. The largest absolute Gasteiger partial charge is 0.503 e. The number of methoxy groups -OCH3 is 1. The van der Waals surface area contributed by atoms with Crippen LogP contribution in [-0.2, 0) is 5.54 Å². The molecule has 0 radical (unpaired) electrons. The van der Waals surface area contributed by atoms with Crippen LogP contribution in [0.3, 0.4) is 0 Å². The van der Waals surface area contributed by atoms with Crippen LogP contribution in [0.1, 0.15) is 43.2 Å². The third-order valence-electron chi connectivity index (χ3n) is 3.74. The van der Waals surface area contributed by atoms with Crippen LogP contribution in [0.5, 0.6) is 11.5 Å². The van der Waals surface area contributed by atoms with E-state index in [0.717, 1.165) is 31.2 Å². The molecule has 1 aliphatic carbocycles. The van der Waals surface area contributed by atoms with Crippen LogP contribution in [0.4, 0.5) is 0 Å². The van der Waals surface area contributed by atoms with Crippen LogP contribution in [0.15, 0.2) is 12.1 Å². The third kappa shape index (κ3) is 2.14. The quantitative estimate of drug-likeness (QED) is 0.839. The molecule has 4 heteroatoms. The molecule has 0 aliphatic heterocycles. The van der Waals surface area contributed by atoms with Gasteiger partial charge in [-0.3, -0.25) is 0 Å². The summed E-state index contributed by atoms with van der Waals surface area (Å²) >= 11 is 0. The molecule has 0 unspecified atom stereocenters. The van der Waals surface area contributed by atoms with E-state index in [1.165, 1.54) is 13.5 Å². The highest BCUT2D eigenvalue weighted by Crippen LogP contribution is 2.40. The van der Waals surface area contributed by atoms with E-state index in [1.54, 1.807) is 12.1 Å². The van der Waals surface area contributed by atoms with E-state index in [2.05, 4.69) is 0 Å². The topological polar surface area (TPSA) is 79.3 Å². The van der Waals surface area contributed by atoms with Crippen LogP contribution < -0.4 is 10.5 Å². The van der Waals surface area contributed by atoms with Gasteiger partial charge >= 0.3 is 0 Å². The molecule has 4 nitrogen and oxygen atoms in total. The summed E-state index contributed by atoms with van der Waals surface area (Å²) in [5.74, 6) is 0.211. The van der Waals surface area contributed by atoms with Crippen molar-refractivity contribution in [1.29, 1.82) is 5.26 Å². The van der Waals surface area contributed by atoms with Gasteiger partial charge in [-0.2, -0.15) is 5.26 Å². The van der Waals surface area contributed by atoms with E-state index >= 15 is 0 Å². The predicted octanol–water partition coefficient (Wildman–Crippen LogP) is 2.39. The fraction of sp³-hybridized carbons (Fsp3) is 0.500. The number of ether oxygens (including phenoxy) is 1. The second-order valence-electron chi connectivity index (χ2n) is 4.90. The standard InChI is InChI=1S/C14H18N2O2/c1-18-12-8-11(7-10(9-15)13(12)17)14(16)5-3-2-4-6-14/h7-8,17H,2-6,16H2,1H3. The van der Waals surface area contributed by atoms with Gasteiger partial charge in [0, 0.05) is 5.54 Å². The molecule has 1 saturated carbocycles. The maximum atomic E-state index is 9.81. The van der Waals surface area contributed by atoms with Crippen molar-refractivity contribution in [2.24, 2.45) is 5.73 Å². The van der Waals surface area contributed by atoms with Crippen molar-refractivity contribution in [3.05, 3.63) is 23.3 Å². The second kappa shape index (κ2) is 4.87. The highest BCUT2D eigenvalue weighted by Gasteiger charge is 2.31. The molecule has 0 amide bonds. The Bertz CT molecular complexity index is 485. The van der Waals surface area contributed by atoms with E-state index in [-0.39, 0.29) is 11.3 Å². The Hall–Kier alpha value is -1.73. The van der Waals surface area contributed by atoms with Crippen molar-refractivity contribution >= 4 is 0 Å². The molecule has 0 bridgehead atoms. The Balaban J connectivity index is 2.48. The Morgan fingerprint density at radius 2 is 2.00 bits per heavy atom. The molecule has 18 heavy (non-hydrogen) atoms. The Labute approximate surface area is 107 Å². The van der Waals surface area contributed by atoms with Crippen molar-refractivity contribution < 1.29 is 9.84 Å². The zero-order chi connectivity index (χ0) is 13.2. The lowest BCUT2D eigenvalue weighted by Gasteiger charge is -2.34. The predicted molar refractivity (Wildman–Crippen MR) is 68.3 cm³/mol. The number of nitrogens with two attached hydrogens (primary N) is 1. The molecule has 0 spiro atoms. The Morgan fingerprint density at radius 3 is 2.56 bits per heavy atom. The van der Waals surface area contributed by atoms with E-state index in [4.69, 9.17) is 15.7 Å². The number of nitrogens with zero attached hydrogens (tertiary/aromatic N) is 1. The van der Waals surface area contributed by atoms with Crippen molar-refractivity contribution in [3.63, 3.8) is 0 Å². The van der Waals surface area contributed by atoms with Crippen LogP contribution in [-0.4, -0.2) is 12.2 Å². The summed E-state index contributed by atoms with van der Waals surface area (Å²) in [5.41, 5.74) is 7.14. The highest BCUT2D eigenvalue weighted by atomic mass is 16.5. The SMILES string of the molecule is COc1cc(C2(N)CCCCC2)cc(C#N)c1O. The summed E-state index contributed by atoms with van der Waals surface area (Å²) in [6.07, 6.45) is 5.22. The fourth-order valence-electron chi connectivity index (χ4n) is 2.61. The molecule has 96 valence electrons. The van der Waals surface area contributed by atoms with Gasteiger partial charge in [-0.05, 0) is 30.5 Å². The summed E-state index contributed by atoms with van der Waals surface area (Å²) < 4.78 is 5.11. The van der Waals surface area contributed by atoms with Crippen molar-refractivity contribution in [1.82, 2.24) is 0 Å². The zero-order valence-electron chi connectivity index (χ0n) is 10.6. The van der Waals surface area contributed by atoms with Crippen LogP contribution in [0.25, 0.3) is 0 Å². The number of benzene rings is 1. The minimum atomic E-state index is -0.398. The van der Waals surface area contributed by atoms with Gasteiger partial charge in [-0.15, -0.1) is 0 Å². The number of aromatic hydroxyl groups is 1. The van der Waals surface area contributed by atoms with Gasteiger partial charge in [-0.1, -0.05) is 19.3 Å². The van der Waals surface area contributed by atoms with Crippen LogP contribution in [0.2, 0.25) is 0 Å². The Kier molecular flexibility index (Phi) is 3.44. The number of phenols is 1. The molecule has 2 rings (SSSR count). The molecule has 1 aromatic rings. The summed E-state index contributed by atoms with van der Waals surface area (Å²) in [6, 6.07) is 5.42. The van der Waals surface area contributed by atoms with Crippen molar-refractivity contribution in [2.45, 2.75) is 37.6 Å². The lowest BCUT2D eigenvalue weighted by Crippen LogP contribution is -2.38. The van der Waals surface area contributed by atoms with Gasteiger partial charge in [0.1, 0.15) is 6.07 Å². The van der Waals surface area contributed by atoms with Crippen molar-refractivity contribution in [3.8, 4) is 17.6 Å². The summed E-state index contributed by atoms with van der Waals surface area (Å²) in [5, 5.41) is 18.8. The monoisotopic (exact) mass is 246 g/mol. The van der Waals surface area contributed by atoms with Crippen LogP contribution in [0, 0.1) is 11.3 Å². The first-order chi connectivity index (χ1) is 8.60. The molecule has 0 aromatic heterocycles. The average molecular weight is 246 g/mol. The number of phenolic OH excluding ortho intramolecular Hbond substituents is 1. The van der Waals surface area contributed by atoms with E-state index < -0.39 is 5.54 Å². The molecular weight excluding hydrogens is 228 g/mol. The van der Waals surface area contributed by atoms with E-state index in [9.17, 15) is 5.11 Å². The lowest BCUT2D eigenvalue weighted by molar-refractivity contribution is 0.299. The zero-order valence-corrected chi connectivity index (χ0v) is 10.6. The van der Waals surface area contributed by atoms with Gasteiger partial charge in [-0.25, -0.2) is 0 Å². The minimum Gasteiger partial charge on any atom is -0.503 e. The maximum absolute atomic E-state index is 9.81. The number of nitriles is 1. The normalized spacial score (nSPS) is 18.1. The maximum Gasteiger partial charge on any atom is 0.175 e. The van der Waals surface area contributed by atoms with Gasteiger partial charge in [0.15, 0.2) is 11.5 Å². The first-order valence-electron chi connectivity index (χ1n) is 6.21. The molecule has 0 heterocycles. The summed E-state index contributed by atoms with van der Waals surface area (Å²) in [4.78, 5) is 0. The fourth-order valence-corrected chi connectivity index (χ4v) is 2.61. The van der Waals surface area contributed by atoms with Crippen molar-refractivity contribution in [2.75, 3.05) is 7.11 Å². The van der Waals surface area contributed by atoms with Gasteiger partial charge < -0.3 is 15.6 Å². The first kappa shape index (κ1) is 12.7. The summed E-state index contributed by atoms with van der Waals surface area (Å²) in [7, 11) is 1.48. The second-order valence-corrected chi connectivity index (χ2v) is 4.90. The first-order valence-corrected chi connectivity index (χ1v) is 6.21. The highest BCUT2D eigenvalue weighted by molar-refractivity contribution is 5.55. The molecule has 3 N–H and O–H groups in total. The van der Waals surface area contributed by atoms with Gasteiger partial charge in [0.05, 0.1) is 12.7 Å². The number of hydrogen-bond acceptors (Lipinski definition) is 4. The smallest absolute Gasteiger partial charge is 0.175 e. The van der Waals surface area contributed by atoms with Crippen LogP contribution >= 0.6 is 0 Å². The molecular formula is C14H18N2O2.